The van der Waals surface area contributed by atoms with Gasteiger partial charge in [0.2, 0.25) is 0 Å². The smallest absolute Gasteiger partial charge is 0.489 e. The van der Waals surface area contributed by atoms with Crippen LogP contribution in [0.25, 0.3) is 10.6 Å². The van der Waals surface area contributed by atoms with Crippen molar-refractivity contribution < 1.29 is 14.0 Å². The largest absolute Gasteiger partial charge is 0.498 e. The van der Waals surface area contributed by atoms with Gasteiger partial charge in [-0.15, -0.1) is 10.2 Å². The Bertz CT molecular complexity index is 930. The van der Waals surface area contributed by atoms with Crippen molar-refractivity contribution in [2.45, 2.75) is 45.5 Å². The van der Waals surface area contributed by atoms with E-state index < -0.39 is 18.3 Å². The molecule has 2 heterocycles. The molecule has 28 heavy (non-hydrogen) atoms. The fourth-order valence-electron chi connectivity index (χ4n) is 2.99. The van der Waals surface area contributed by atoms with Crippen LogP contribution in [0.15, 0.2) is 54.0 Å². The monoisotopic (exact) mass is 394 g/mol. The van der Waals surface area contributed by atoms with Crippen molar-refractivity contribution in [1.29, 1.82) is 0 Å². The second-order valence-corrected chi connectivity index (χ2v) is 8.69. The third-order valence-electron chi connectivity index (χ3n) is 5.36. The molecule has 1 aliphatic heterocycles. The molecule has 0 aliphatic carbocycles. The van der Waals surface area contributed by atoms with Crippen molar-refractivity contribution >= 4 is 23.9 Å². The zero-order valence-electron chi connectivity index (χ0n) is 16.5. The average molecular weight is 394 g/mol. The summed E-state index contributed by atoms with van der Waals surface area (Å²) >= 11 is 1.50. The molecule has 144 valence electrons. The van der Waals surface area contributed by atoms with Gasteiger partial charge in [-0.05, 0) is 39.3 Å². The first kappa shape index (κ1) is 19.1. The van der Waals surface area contributed by atoms with Crippen LogP contribution in [0, 0.1) is 0 Å². The van der Waals surface area contributed by atoms with Crippen LogP contribution >= 0.6 is 11.3 Å². The maximum atomic E-state index is 6.25. The van der Waals surface area contributed by atoms with Crippen molar-refractivity contribution in [3.63, 3.8) is 0 Å². The Morgan fingerprint density at radius 2 is 1.71 bits per heavy atom. The molecule has 3 aromatic rings. The Labute approximate surface area is 169 Å². The lowest BCUT2D eigenvalue weighted by Gasteiger charge is -2.32. The first-order valence-electron chi connectivity index (χ1n) is 9.29. The molecule has 0 radical (unpaired) electrons. The molecule has 2 aromatic carbocycles. The first-order valence-corrected chi connectivity index (χ1v) is 10.2. The molecule has 0 spiro atoms. The average Bonchev–Trinajstić information content (AvgIpc) is 3.27. The van der Waals surface area contributed by atoms with Crippen molar-refractivity contribution in [1.82, 2.24) is 10.2 Å². The van der Waals surface area contributed by atoms with Gasteiger partial charge in [0, 0.05) is 11.0 Å². The third-order valence-corrected chi connectivity index (χ3v) is 6.11. The number of rotatable bonds is 5. The number of aromatic nitrogens is 2. The van der Waals surface area contributed by atoms with Gasteiger partial charge in [-0.25, -0.2) is 0 Å². The van der Waals surface area contributed by atoms with E-state index in [1.165, 1.54) is 11.3 Å². The van der Waals surface area contributed by atoms with E-state index in [0.717, 1.165) is 27.3 Å². The molecule has 7 heteroatoms. The van der Waals surface area contributed by atoms with E-state index in [2.05, 4.69) is 10.2 Å². The number of ether oxygens (including phenoxy) is 1. The van der Waals surface area contributed by atoms with Gasteiger partial charge in [-0.3, -0.25) is 0 Å². The van der Waals surface area contributed by atoms with E-state index in [4.69, 9.17) is 14.0 Å². The van der Waals surface area contributed by atoms with Gasteiger partial charge in [0.1, 0.15) is 22.9 Å². The number of benzene rings is 2. The fourth-order valence-corrected chi connectivity index (χ4v) is 3.54. The predicted molar refractivity (Wildman–Crippen MR) is 112 cm³/mol. The van der Waals surface area contributed by atoms with Crippen molar-refractivity contribution in [3.05, 3.63) is 59.6 Å². The maximum absolute atomic E-state index is 6.25. The zero-order valence-corrected chi connectivity index (χ0v) is 17.3. The van der Waals surface area contributed by atoms with Gasteiger partial charge in [-0.2, -0.15) is 0 Å². The van der Waals surface area contributed by atoms with Crippen LogP contribution in [0.4, 0.5) is 0 Å². The molecule has 4 rings (SSSR count). The van der Waals surface area contributed by atoms with Crippen molar-refractivity contribution in [2.24, 2.45) is 0 Å². The summed E-state index contributed by atoms with van der Waals surface area (Å²) < 4.78 is 18.7. The van der Waals surface area contributed by atoms with E-state index in [1.807, 2.05) is 76.2 Å². The summed E-state index contributed by atoms with van der Waals surface area (Å²) in [6, 6.07) is 16.1. The Hall–Kier alpha value is -2.22. The molecule has 0 saturated carbocycles. The molecule has 0 atom stereocenters. The SMILES string of the molecule is CC1(C)OB(c2ccc(-c3nncs3)cc2OCc2ccccc2)OC1(C)C. The van der Waals surface area contributed by atoms with E-state index in [-0.39, 0.29) is 0 Å². The summed E-state index contributed by atoms with van der Waals surface area (Å²) in [5, 5.41) is 8.96. The minimum absolute atomic E-state index is 0.410. The van der Waals surface area contributed by atoms with Gasteiger partial charge < -0.3 is 14.0 Å². The highest BCUT2D eigenvalue weighted by atomic mass is 32.1. The zero-order chi connectivity index (χ0) is 19.8. The molecule has 0 bridgehead atoms. The van der Waals surface area contributed by atoms with Crippen molar-refractivity contribution in [2.75, 3.05) is 0 Å². The normalized spacial score (nSPS) is 17.6. The lowest BCUT2D eigenvalue weighted by atomic mass is 9.78. The van der Waals surface area contributed by atoms with Crippen molar-refractivity contribution in [3.8, 4) is 16.3 Å². The molecule has 0 N–H and O–H groups in total. The molecule has 1 fully saturated rings. The van der Waals surface area contributed by atoms with Gasteiger partial charge >= 0.3 is 7.12 Å². The second-order valence-electron chi connectivity index (χ2n) is 7.86. The second kappa shape index (κ2) is 7.31. The maximum Gasteiger partial charge on any atom is 0.498 e. The van der Waals surface area contributed by atoms with Gasteiger partial charge in [-0.1, -0.05) is 53.8 Å². The van der Waals surface area contributed by atoms with Crippen LogP contribution in [0.3, 0.4) is 0 Å². The first-order chi connectivity index (χ1) is 13.4. The van der Waals surface area contributed by atoms with Gasteiger partial charge in [0.05, 0.1) is 11.2 Å². The Kier molecular flexibility index (Phi) is 4.99. The Balaban J connectivity index is 1.67. The lowest BCUT2D eigenvalue weighted by molar-refractivity contribution is 0.00578. The summed E-state index contributed by atoms with van der Waals surface area (Å²) in [5.41, 5.74) is 3.85. The molecule has 5 nitrogen and oxygen atoms in total. The lowest BCUT2D eigenvalue weighted by Crippen LogP contribution is -2.41. The topological polar surface area (TPSA) is 53.5 Å². The molecule has 1 aromatic heterocycles. The van der Waals surface area contributed by atoms with Gasteiger partial charge in [0.25, 0.3) is 0 Å². The number of hydrogen-bond acceptors (Lipinski definition) is 6. The highest BCUT2D eigenvalue weighted by Gasteiger charge is 2.52. The number of hydrogen-bond donors (Lipinski definition) is 0. The molecular formula is C21H23BN2O3S. The van der Waals surface area contributed by atoms with E-state index >= 15 is 0 Å². The molecule has 1 aliphatic rings. The summed E-state index contributed by atoms with van der Waals surface area (Å²) in [6.07, 6.45) is 0. The third kappa shape index (κ3) is 3.70. The quantitative estimate of drug-likeness (QED) is 0.611. The summed E-state index contributed by atoms with van der Waals surface area (Å²) in [5.74, 6) is 0.732. The van der Waals surface area contributed by atoms with E-state index in [9.17, 15) is 0 Å². The van der Waals surface area contributed by atoms with Crippen LogP contribution in [-0.2, 0) is 15.9 Å². The minimum atomic E-state index is -0.487. The highest BCUT2D eigenvalue weighted by molar-refractivity contribution is 7.12. The molecule has 0 amide bonds. The van der Waals surface area contributed by atoms with Crippen LogP contribution in [0.2, 0.25) is 0 Å². The van der Waals surface area contributed by atoms with E-state index in [0.29, 0.717) is 6.61 Å². The van der Waals surface area contributed by atoms with Crippen LogP contribution in [-0.4, -0.2) is 28.5 Å². The highest BCUT2D eigenvalue weighted by Crippen LogP contribution is 2.37. The van der Waals surface area contributed by atoms with Crippen LogP contribution in [0.1, 0.15) is 33.3 Å². The summed E-state index contributed by atoms with van der Waals surface area (Å²) in [7, 11) is -0.487. The summed E-state index contributed by atoms with van der Waals surface area (Å²) in [4.78, 5) is 0. The predicted octanol–water partition coefficient (Wildman–Crippen LogP) is 4.08. The number of nitrogens with zero attached hydrogens (tertiary/aromatic N) is 2. The fraction of sp³-hybridized carbons (Fsp3) is 0.333. The Morgan fingerprint density at radius 1 is 1.00 bits per heavy atom. The summed E-state index contributed by atoms with van der Waals surface area (Å²) in [6.45, 7) is 8.66. The Morgan fingerprint density at radius 3 is 2.36 bits per heavy atom. The molecule has 1 saturated heterocycles. The van der Waals surface area contributed by atoms with Crippen LogP contribution in [0.5, 0.6) is 5.75 Å². The standard InChI is InChI=1S/C21H23BN2O3S/c1-20(2)21(3,4)27-22(26-20)17-11-10-16(19-24-23-14-28-19)12-18(17)25-13-15-8-6-5-7-9-15/h5-12,14H,13H2,1-4H3. The van der Waals surface area contributed by atoms with E-state index in [1.54, 1.807) is 5.51 Å². The minimum Gasteiger partial charge on any atom is -0.489 e. The van der Waals surface area contributed by atoms with Gasteiger partial charge in [0.15, 0.2) is 0 Å². The van der Waals surface area contributed by atoms with Crippen LogP contribution < -0.4 is 10.2 Å². The molecular weight excluding hydrogens is 371 g/mol. The molecule has 0 unspecified atom stereocenters.